The summed E-state index contributed by atoms with van der Waals surface area (Å²) in [6.07, 6.45) is 5.37. The molecule has 0 aliphatic heterocycles. The number of hydrogen-bond donors (Lipinski definition) is 3. The van der Waals surface area contributed by atoms with Gasteiger partial charge in [-0.1, -0.05) is 24.4 Å². The molecule has 0 heterocycles. The van der Waals surface area contributed by atoms with Crippen molar-refractivity contribution in [3.05, 3.63) is 0 Å². The number of hydrogen-bond acceptors (Lipinski definition) is 4. The summed E-state index contributed by atoms with van der Waals surface area (Å²) >= 11 is 0. The summed E-state index contributed by atoms with van der Waals surface area (Å²) in [6, 6.07) is 0. The molecule has 1 saturated carbocycles. The second kappa shape index (κ2) is 5.59. The average molecular weight is 200 g/mol. The Balaban J connectivity index is 2.48. The van der Waals surface area contributed by atoms with Crippen LogP contribution in [0.1, 0.15) is 38.5 Å². The fourth-order valence-corrected chi connectivity index (χ4v) is 1.90. The molecule has 0 saturated heterocycles. The van der Waals surface area contributed by atoms with E-state index in [2.05, 4.69) is 5.16 Å². The molecule has 1 amide bonds. The van der Waals surface area contributed by atoms with Crippen molar-refractivity contribution in [1.82, 2.24) is 5.48 Å². The lowest BCUT2D eigenvalue weighted by Crippen LogP contribution is -2.27. The molecule has 3 N–H and O–H groups in total. The van der Waals surface area contributed by atoms with Crippen LogP contribution < -0.4 is 5.48 Å². The molecule has 0 unspecified atom stereocenters. The van der Waals surface area contributed by atoms with Crippen LogP contribution in [-0.4, -0.2) is 22.0 Å². The van der Waals surface area contributed by atoms with Gasteiger partial charge in [0.2, 0.25) is 5.91 Å². The van der Waals surface area contributed by atoms with Gasteiger partial charge in [-0.25, -0.2) is 5.48 Å². The number of carbonyl (C=O) groups is 1. The van der Waals surface area contributed by atoms with E-state index in [4.69, 9.17) is 10.4 Å². The van der Waals surface area contributed by atoms with Crippen LogP contribution >= 0.6 is 0 Å². The van der Waals surface area contributed by atoms with Crippen molar-refractivity contribution in [1.29, 1.82) is 0 Å². The quantitative estimate of drug-likeness (QED) is 0.278. The first kappa shape index (κ1) is 11.0. The lowest BCUT2D eigenvalue weighted by molar-refractivity contribution is -0.128. The Labute approximate surface area is 82.8 Å². The van der Waals surface area contributed by atoms with E-state index in [1.165, 1.54) is 11.9 Å². The van der Waals surface area contributed by atoms with Crippen LogP contribution in [0, 0.1) is 5.92 Å². The summed E-state index contributed by atoms with van der Waals surface area (Å²) in [5, 5.41) is 20.2. The van der Waals surface area contributed by atoms with Crippen molar-refractivity contribution in [2.24, 2.45) is 11.1 Å². The number of amides is 1. The monoisotopic (exact) mass is 200 g/mol. The third-order valence-corrected chi connectivity index (χ3v) is 2.67. The zero-order valence-corrected chi connectivity index (χ0v) is 8.07. The third-order valence-electron chi connectivity index (χ3n) is 2.67. The molecule has 5 nitrogen and oxygen atoms in total. The molecule has 1 aliphatic rings. The Bertz CT molecular complexity index is 222. The van der Waals surface area contributed by atoms with E-state index in [1.54, 1.807) is 0 Å². The summed E-state index contributed by atoms with van der Waals surface area (Å²) in [4.78, 5) is 10.9. The lowest BCUT2D eigenvalue weighted by Gasteiger charge is -2.21. The van der Waals surface area contributed by atoms with Crippen LogP contribution in [0.15, 0.2) is 5.16 Å². The maximum atomic E-state index is 10.9. The number of hydroxylamine groups is 1. The minimum atomic E-state index is -0.525. The van der Waals surface area contributed by atoms with Crippen LogP contribution in [0.25, 0.3) is 0 Å². The maximum absolute atomic E-state index is 10.9. The van der Waals surface area contributed by atoms with Gasteiger partial charge in [-0.3, -0.25) is 10.0 Å². The van der Waals surface area contributed by atoms with Crippen molar-refractivity contribution < 1.29 is 15.2 Å². The fraction of sp³-hybridized carbons (Fsp3) is 0.778. The van der Waals surface area contributed by atoms with Crippen LogP contribution in [0.3, 0.4) is 0 Å². The van der Waals surface area contributed by atoms with Crippen molar-refractivity contribution in [2.75, 3.05) is 0 Å². The highest BCUT2D eigenvalue weighted by Crippen LogP contribution is 2.25. The molecule has 0 radical (unpaired) electrons. The summed E-state index contributed by atoms with van der Waals surface area (Å²) in [7, 11) is 0. The summed E-state index contributed by atoms with van der Waals surface area (Å²) in [6.45, 7) is 0. The molecule has 0 bridgehead atoms. The van der Waals surface area contributed by atoms with Gasteiger partial charge in [-0.05, 0) is 12.8 Å². The molecule has 80 valence electrons. The van der Waals surface area contributed by atoms with E-state index in [0.717, 1.165) is 25.7 Å². The van der Waals surface area contributed by atoms with E-state index in [9.17, 15) is 4.79 Å². The second-order valence-electron chi connectivity index (χ2n) is 3.64. The van der Waals surface area contributed by atoms with Gasteiger partial charge in [-0.2, -0.15) is 0 Å². The topological polar surface area (TPSA) is 81.9 Å². The highest BCUT2D eigenvalue weighted by Gasteiger charge is 2.21. The lowest BCUT2D eigenvalue weighted by atomic mass is 9.84. The van der Waals surface area contributed by atoms with Gasteiger partial charge in [0, 0.05) is 5.92 Å². The number of rotatable bonds is 3. The molecule has 1 rings (SSSR count). The van der Waals surface area contributed by atoms with Gasteiger partial charge in [-0.15, -0.1) is 0 Å². The highest BCUT2D eigenvalue weighted by atomic mass is 16.5. The summed E-state index contributed by atoms with van der Waals surface area (Å²) in [5.74, 6) is -0.325. The molecule has 5 heteroatoms. The third kappa shape index (κ3) is 2.99. The molecule has 1 fully saturated rings. The molecular formula is C9H16N2O3. The largest absolute Gasteiger partial charge is 0.411 e. The Morgan fingerprint density at radius 3 is 2.50 bits per heavy atom. The maximum Gasteiger partial charge on any atom is 0.249 e. The average Bonchev–Trinajstić information content (AvgIpc) is 2.26. The molecule has 14 heavy (non-hydrogen) atoms. The van der Waals surface area contributed by atoms with Gasteiger partial charge < -0.3 is 5.21 Å². The van der Waals surface area contributed by atoms with Gasteiger partial charge in [0.25, 0.3) is 0 Å². The first-order valence-corrected chi connectivity index (χ1v) is 4.91. The summed E-state index contributed by atoms with van der Waals surface area (Å²) in [5.41, 5.74) is 2.02. The second-order valence-corrected chi connectivity index (χ2v) is 3.64. The number of carbonyl (C=O) groups excluding carboxylic acids is 1. The molecule has 0 aromatic heterocycles. The Morgan fingerprint density at radius 1 is 1.36 bits per heavy atom. The first-order chi connectivity index (χ1) is 6.77. The van der Waals surface area contributed by atoms with Crippen molar-refractivity contribution in [2.45, 2.75) is 38.5 Å². The fourth-order valence-electron chi connectivity index (χ4n) is 1.90. The van der Waals surface area contributed by atoms with Gasteiger partial charge in [0.05, 0.1) is 12.1 Å². The minimum Gasteiger partial charge on any atom is -0.411 e. The smallest absolute Gasteiger partial charge is 0.249 e. The number of nitrogens with one attached hydrogen (secondary N) is 1. The number of oxime groups is 1. The van der Waals surface area contributed by atoms with Crippen molar-refractivity contribution in [3.63, 3.8) is 0 Å². The normalized spacial score (nSPS) is 19.4. The van der Waals surface area contributed by atoms with Crippen molar-refractivity contribution >= 4 is 11.6 Å². The van der Waals surface area contributed by atoms with E-state index < -0.39 is 5.91 Å². The zero-order chi connectivity index (χ0) is 10.4. The molecule has 0 atom stereocenters. The highest BCUT2D eigenvalue weighted by molar-refractivity contribution is 6.01. The first-order valence-electron chi connectivity index (χ1n) is 4.91. The van der Waals surface area contributed by atoms with Crippen molar-refractivity contribution in [3.8, 4) is 0 Å². The molecule has 0 aromatic carbocycles. The van der Waals surface area contributed by atoms with Crippen LogP contribution in [-0.2, 0) is 4.79 Å². The van der Waals surface area contributed by atoms with Crippen LogP contribution in [0.5, 0.6) is 0 Å². The van der Waals surface area contributed by atoms with Crippen LogP contribution in [0.4, 0.5) is 0 Å². The predicted molar refractivity (Wildman–Crippen MR) is 50.3 cm³/mol. The standard InChI is InChI=1S/C9H16N2O3/c12-9(11-14)6-8(10-13)7-4-2-1-3-5-7/h7,13-14H,1-6H2,(H,11,12)/b10-8+. The van der Waals surface area contributed by atoms with Gasteiger partial charge >= 0.3 is 0 Å². The molecule has 0 spiro atoms. The predicted octanol–water partition coefficient (Wildman–Crippen LogP) is 1.29. The zero-order valence-electron chi connectivity index (χ0n) is 8.07. The summed E-state index contributed by atoms with van der Waals surface area (Å²) < 4.78 is 0. The molecule has 1 aliphatic carbocycles. The van der Waals surface area contributed by atoms with E-state index in [1.807, 2.05) is 0 Å². The number of nitrogens with zero attached hydrogens (tertiary/aromatic N) is 1. The van der Waals surface area contributed by atoms with Gasteiger partial charge in [0.1, 0.15) is 0 Å². The van der Waals surface area contributed by atoms with Crippen LogP contribution in [0.2, 0.25) is 0 Å². The van der Waals surface area contributed by atoms with E-state index >= 15 is 0 Å². The SMILES string of the molecule is O=C(C/C(=N\O)C1CCCCC1)NO. The Hall–Kier alpha value is -1.10. The molecule has 0 aromatic rings. The van der Waals surface area contributed by atoms with Gasteiger partial charge in [0.15, 0.2) is 0 Å². The Morgan fingerprint density at radius 2 is 2.00 bits per heavy atom. The minimum absolute atomic E-state index is 0.0162. The molecular weight excluding hydrogens is 184 g/mol. The van der Waals surface area contributed by atoms with E-state index in [0.29, 0.717) is 5.71 Å². The Kier molecular flexibility index (Phi) is 4.39. The van der Waals surface area contributed by atoms with E-state index in [-0.39, 0.29) is 12.3 Å².